The summed E-state index contributed by atoms with van der Waals surface area (Å²) in [6, 6.07) is 4.10. The molecule has 1 aromatic rings. The molecule has 0 bridgehead atoms. The summed E-state index contributed by atoms with van der Waals surface area (Å²) in [6.45, 7) is 12.7. The molecule has 162 valence electrons. The number of hydrogen-bond donors (Lipinski definition) is 0. The smallest absolute Gasteiger partial charge is 0.339 e. The maximum absolute atomic E-state index is 11.7. The van der Waals surface area contributed by atoms with Gasteiger partial charge in [0, 0.05) is 37.9 Å². The predicted molar refractivity (Wildman–Crippen MR) is 110 cm³/mol. The molecule has 0 spiro atoms. The molecule has 1 aromatic heterocycles. The van der Waals surface area contributed by atoms with E-state index in [0.717, 1.165) is 25.5 Å². The van der Waals surface area contributed by atoms with Gasteiger partial charge in [0.15, 0.2) is 0 Å². The van der Waals surface area contributed by atoms with Crippen molar-refractivity contribution in [2.45, 2.75) is 52.3 Å². The van der Waals surface area contributed by atoms with Crippen LogP contribution in [0.3, 0.4) is 0 Å². The van der Waals surface area contributed by atoms with Gasteiger partial charge in [-0.1, -0.05) is 0 Å². The molecular formula is C21H33N3O5. The number of carbonyl (C=O) groups excluding carboxylic acids is 2. The minimum Gasteiger partial charge on any atom is -0.465 e. The van der Waals surface area contributed by atoms with E-state index in [0.29, 0.717) is 12.2 Å². The van der Waals surface area contributed by atoms with Crippen LogP contribution in [0.5, 0.6) is 0 Å². The normalized spacial score (nSPS) is 20.4. The monoisotopic (exact) mass is 407 g/mol. The van der Waals surface area contributed by atoms with Gasteiger partial charge in [0.1, 0.15) is 18.0 Å². The van der Waals surface area contributed by atoms with E-state index in [1.165, 1.54) is 7.11 Å². The van der Waals surface area contributed by atoms with Gasteiger partial charge < -0.3 is 19.1 Å². The molecule has 1 fully saturated rings. The maximum Gasteiger partial charge on any atom is 0.339 e. The molecule has 0 amide bonds. The number of esters is 2. The van der Waals surface area contributed by atoms with Crippen LogP contribution in [0.15, 0.2) is 18.3 Å². The van der Waals surface area contributed by atoms with Crippen molar-refractivity contribution in [1.29, 1.82) is 0 Å². The number of hydrogen-bond acceptors (Lipinski definition) is 8. The van der Waals surface area contributed by atoms with Crippen LogP contribution in [0.1, 0.15) is 45.0 Å². The molecule has 8 nitrogen and oxygen atoms in total. The number of anilines is 1. The zero-order valence-electron chi connectivity index (χ0n) is 18.3. The first kappa shape index (κ1) is 23.1. The van der Waals surface area contributed by atoms with Crippen LogP contribution in [-0.4, -0.2) is 79.5 Å². The number of carbonyl (C=O) groups is 2. The molecule has 1 aliphatic heterocycles. The van der Waals surface area contributed by atoms with Crippen LogP contribution < -0.4 is 4.90 Å². The average Bonchev–Trinajstić information content (AvgIpc) is 2.63. The van der Waals surface area contributed by atoms with E-state index in [4.69, 9.17) is 14.2 Å². The molecule has 8 heteroatoms. The van der Waals surface area contributed by atoms with Gasteiger partial charge in [0.05, 0.1) is 19.3 Å². The second-order valence-electron chi connectivity index (χ2n) is 8.40. The number of nitrogens with zero attached hydrogens (tertiary/aromatic N) is 3. The zero-order valence-corrected chi connectivity index (χ0v) is 18.3. The Labute approximate surface area is 173 Å². The highest BCUT2D eigenvalue weighted by molar-refractivity contribution is 5.89. The number of pyridine rings is 1. The Balaban J connectivity index is 1.82. The molecule has 0 unspecified atom stereocenters. The molecule has 1 saturated heterocycles. The molecule has 0 radical (unpaired) electrons. The van der Waals surface area contributed by atoms with Gasteiger partial charge in [-0.2, -0.15) is 0 Å². The van der Waals surface area contributed by atoms with Crippen molar-refractivity contribution in [1.82, 2.24) is 9.88 Å². The molecule has 2 heterocycles. The summed E-state index contributed by atoms with van der Waals surface area (Å²) >= 11 is 0. The Morgan fingerprint density at radius 3 is 2.34 bits per heavy atom. The van der Waals surface area contributed by atoms with E-state index in [-0.39, 0.29) is 30.6 Å². The molecule has 0 aliphatic carbocycles. The van der Waals surface area contributed by atoms with Crippen LogP contribution in [0.2, 0.25) is 0 Å². The zero-order chi connectivity index (χ0) is 21.6. The van der Waals surface area contributed by atoms with E-state index in [1.807, 2.05) is 26.8 Å². The molecule has 1 aliphatic rings. The lowest BCUT2D eigenvalue weighted by Crippen LogP contribution is -2.57. The Morgan fingerprint density at radius 2 is 1.83 bits per heavy atom. The summed E-state index contributed by atoms with van der Waals surface area (Å²) in [5.74, 6) is 0.116. The number of methoxy groups -OCH3 is 1. The highest BCUT2D eigenvalue weighted by atomic mass is 16.6. The van der Waals surface area contributed by atoms with Gasteiger partial charge in [-0.15, -0.1) is 0 Å². The van der Waals surface area contributed by atoms with Gasteiger partial charge in [-0.05, 0) is 46.8 Å². The van der Waals surface area contributed by atoms with Crippen LogP contribution in [-0.2, 0) is 19.0 Å². The molecule has 29 heavy (non-hydrogen) atoms. The third-order valence-electron chi connectivity index (χ3n) is 4.62. The highest BCUT2D eigenvalue weighted by Crippen LogP contribution is 2.23. The number of piperazine rings is 1. The number of rotatable bonds is 7. The van der Waals surface area contributed by atoms with E-state index in [2.05, 4.69) is 28.6 Å². The van der Waals surface area contributed by atoms with Gasteiger partial charge in [-0.25, -0.2) is 14.6 Å². The molecule has 2 rings (SSSR count). The standard InChI is InChI=1S/C21H33N3O5/c1-15-12-23(9-10-28-14-19(25)29-21(3,4)5)13-16(2)24(15)18-8-7-17(11-22-18)20(26)27-6/h7-8,11,15-16H,9-10,12-14H2,1-6H3/t15-,16+. The first-order valence-electron chi connectivity index (χ1n) is 9.95. The fourth-order valence-corrected chi connectivity index (χ4v) is 3.56. The van der Waals surface area contributed by atoms with Gasteiger partial charge in [0.25, 0.3) is 0 Å². The summed E-state index contributed by atoms with van der Waals surface area (Å²) in [6.07, 6.45) is 1.55. The van der Waals surface area contributed by atoms with Crippen LogP contribution >= 0.6 is 0 Å². The fraction of sp³-hybridized carbons (Fsp3) is 0.667. The third-order valence-corrected chi connectivity index (χ3v) is 4.62. The predicted octanol–water partition coefficient (Wildman–Crippen LogP) is 2.13. The lowest BCUT2D eigenvalue weighted by molar-refractivity contribution is -0.160. The van der Waals surface area contributed by atoms with Crippen molar-refractivity contribution in [3.63, 3.8) is 0 Å². The quantitative estimate of drug-likeness (QED) is 0.502. The summed E-state index contributed by atoms with van der Waals surface area (Å²) in [5.41, 5.74) is -0.0533. The maximum atomic E-state index is 11.7. The van der Waals surface area contributed by atoms with Crippen LogP contribution in [0.25, 0.3) is 0 Å². The molecule has 0 aromatic carbocycles. The highest BCUT2D eigenvalue weighted by Gasteiger charge is 2.30. The van der Waals surface area contributed by atoms with Gasteiger partial charge >= 0.3 is 11.9 Å². The minimum absolute atomic E-state index is 0.0290. The first-order chi connectivity index (χ1) is 13.6. The van der Waals surface area contributed by atoms with E-state index >= 15 is 0 Å². The van der Waals surface area contributed by atoms with Crippen LogP contribution in [0, 0.1) is 0 Å². The largest absolute Gasteiger partial charge is 0.465 e. The molecule has 0 saturated carbocycles. The van der Waals surface area contributed by atoms with Crippen molar-refractivity contribution < 1.29 is 23.8 Å². The van der Waals surface area contributed by atoms with Crippen molar-refractivity contribution in [2.24, 2.45) is 0 Å². The summed E-state index contributed by atoms with van der Waals surface area (Å²) in [4.78, 5) is 32.3. The Morgan fingerprint density at radius 1 is 1.17 bits per heavy atom. The number of ether oxygens (including phenoxy) is 3. The second kappa shape index (κ2) is 10.0. The summed E-state index contributed by atoms with van der Waals surface area (Å²) < 4.78 is 15.4. The Hall–Kier alpha value is -2.19. The topological polar surface area (TPSA) is 81.2 Å². The SMILES string of the molecule is COC(=O)c1ccc(N2[C@H](C)CN(CCOCC(=O)OC(C)(C)C)C[C@@H]2C)nc1. The molecular weight excluding hydrogens is 374 g/mol. The summed E-state index contributed by atoms with van der Waals surface area (Å²) in [7, 11) is 1.36. The fourth-order valence-electron chi connectivity index (χ4n) is 3.56. The average molecular weight is 408 g/mol. The van der Waals surface area contributed by atoms with E-state index in [1.54, 1.807) is 12.3 Å². The lowest BCUT2D eigenvalue weighted by Gasteiger charge is -2.45. The van der Waals surface area contributed by atoms with Crippen molar-refractivity contribution in [2.75, 3.05) is 44.9 Å². The van der Waals surface area contributed by atoms with Crippen molar-refractivity contribution in [3.05, 3.63) is 23.9 Å². The van der Waals surface area contributed by atoms with Crippen LogP contribution in [0.4, 0.5) is 5.82 Å². The lowest BCUT2D eigenvalue weighted by atomic mass is 10.1. The molecule has 2 atom stereocenters. The van der Waals surface area contributed by atoms with Gasteiger partial charge in [-0.3, -0.25) is 4.90 Å². The Bertz CT molecular complexity index is 675. The van der Waals surface area contributed by atoms with Crippen molar-refractivity contribution >= 4 is 17.8 Å². The van der Waals surface area contributed by atoms with Gasteiger partial charge in [0.2, 0.25) is 0 Å². The summed E-state index contributed by atoms with van der Waals surface area (Å²) in [5, 5.41) is 0. The first-order valence-corrected chi connectivity index (χ1v) is 9.95. The number of aromatic nitrogens is 1. The van der Waals surface area contributed by atoms with Crippen molar-refractivity contribution in [3.8, 4) is 0 Å². The second-order valence-corrected chi connectivity index (χ2v) is 8.40. The van der Waals surface area contributed by atoms with E-state index < -0.39 is 5.60 Å². The Kier molecular flexibility index (Phi) is 7.98. The third kappa shape index (κ3) is 6.97. The minimum atomic E-state index is -0.495. The van der Waals surface area contributed by atoms with E-state index in [9.17, 15) is 9.59 Å². The molecule has 0 N–H and O–H groups in total.